The predicted octanol–water partition coefficient (Wildman–Crippen LogP) is 4.76. The number of hydrogen-bond donors (Lipinski definition) is 3. The average Bonchev–Trinajstić information content (AvgIpc) is 4.04. The van der Waals surface area contributed by atoms with Gasteiger partial charge in [0.05, 0.1) is 18.4 Å². The minimum atomic E-state index is -3.90. The molecular weight excluding hydrogens is 727 g/mol. The lowest BCUT2D eigenvalue weighted by Crippen LogP contribution is -2.59. The molecule has 7 atom stereocenters. The monoisotopic (exact) mass is 781 g/mol. The number of hydrogen-bond acceptors (Lipinski definition) is 10. The Kier molecular flexibility index (Phi) is 11.7. The Hall–Kier alpha value is -4.40. The summed E-state index contributed by atoms with van der Waals surface area (Å²) in [6.45, 7) is 11.8. The van der Waals surface area contributed by atoms with Crippen LogP contribution in [0.1, 0.15) is 92.9 Å². The summed E-state index contributed by atoms with van der Waals surface area (Å²) in [6, 6.07) is 5.29. The van der Waals surface area contributed by atoms with Gasteiger partial charge in [-0.1, -0.05) is 32.9 Å². The van der Waals surface area contributed by atoms with Gasteiger partial charge in [0.1, 0.15) is 35.1 Å². The Morgan fingerprint density at radius 1 is 1.09 bits per heavy atom. The maximum Gasteiger partial charge on any atom is 0.408 e. The van der Waals surface area contributed by atoms with Gasteiger partial charge in [0.25, 0.3) is 5.91 Å². The molecule has 0 unspecified atom stereocenters. The van der Waals surface area contributed by atoms with Crippen molar-refractivity contribution in [3.8, 4) is 11.6 Å². The van der Waals surface area contributed by atoms with Crippen LogP contribution in [-0.4, -0.2) is 89.8 Å². The molecule has 0 radical (unpaired) electrons. The summed E-state index contributed by atoms with van der Waals surface area (Å²) in [5.41, 5.74) is -2.33. The van der Waals surface area contributed by atoms with Crippen molar-refractivity contribution in [2.24, 2.45) is 17.8 Å². The number of amides is 4. The minimum Gasteiger partial charge on any atom is -0.494 e. The summed E-state index contributed by atoms with van der Waals surface area (Å²) in [4.78, 5) is 62.1. The van der Waals surface area contributed by atoms with Crippen LogP contribution in [0.5, 0.6) is 11.6 Å². The first-order valence-corrected chi connectivity index (χ1v) is 21.1. The summed E-state index contributed by atoms with van der Waals surface area (Å²) in [5, 5.41) is 6.64. The van der Waals surface area contributed by atoms with Crippen LogP contribution in [0.2, 0.25) is 0 Å². The van der Waals surface area contributed by atoms with Crippen LogP contribution in [0.3, 0.4) is 0 Å². The number of allylic oxidation sites excluding steroid dienone is 1. The lowest BCUT2D eigenvalue weighted by Gasteiger charge is -2.33. The van der Waals surface area contributed by atoms with Gasteiger partial charge >= 0.3 is 6.09 Å². The Labute approximate surface area is 323 Å². The van der Waals surface area contributed by atoms with E-state index in [1.807, 2.05) is 50.3 Å². The van der Waals surface area contributed by atoms with E-state index in [1.165, 1.54) is 4.90 Å². The smallest absolute Gasteiger partial charge is 0.408 e. The van der Waals surface area contributed by atoms with Crippen molar-refractivity contribution in [3.05, 3.63) is 42.6 Å². The van der Waals surface area contributed by atoms with Gasteiger partial charge in [-0.25, -0.2) is 18.2 Å². The first-order chi connectivity index (χ1) is 26.0. The molecule has 2 aliphatic carbocycles. The van der Waals surface area contributed by atoms with Crippen molar-refractivity contribution >= 4 is 44.6 Å². The number of pyridine rings is 1. The summed E-state index contributed by atoms with van der Waals surface area (Å²) in [7, 11) is -3.90. The highest BCUT2D eigenvalue weighted by atomic mass is 32.2. The normalized spacial score (nSPS) is 29.5. The molecule has 0 spiro atoms. The molecule has 2 saturated carbocycles. The molecule has 3 N–H and O–H groups in total. The van der Waals surface area contributed by atoms with Crippen molar-refractivity contribution in [2.45, 2.75) is 127 Å². The second-order valence-electron chi connectivity index (χ2n) is 16.7. The summed E-state index contributed by atoms with van der Waals surface area (Å²) < 4.78 is 45.8. The van der Waals surface area contributed by atoms with E-state index in [4.69, 9.17) is 14.2 Å². The summed E-state index contributed by atoms with van der Waals surface area (Å²) in [5.74, 6) is -1.48. The van der Waals surface area contributed by atoms with Crippen molar-refractivity contribution in [3.63, 3.8) is 0 Å². The second-order valence-corrected chi connectivity index (χ2v) is 18.7. The number of rotatable bonds is 9. The third-order valence-corrected chi connectivity index (χ3v) is 12.6. The summed E-state index contributed by atoms with van der Waals surface area (Å²) >= 11 is 0. The molecule has 15 heteroatoms. The molecular formula is C40H55N5O9S. The van der Waals surface area contributed by atoms with Crippen molar-refractivity contribution in [1.82, 2.24) is 25.2 Å². The van der Waals surface area contributed by atoms with E-state index in [0.717, 1.165) is 23.6 Å². The van der Waals surface area contributed by atoms with E-state index >= 15 is 0 Å². The molecule has 1 aromatic carbocycles. The zero-order chi connectivity index (χ0) is 39.7. The standard InChI is InChI=1S/C40H55N5O9S/c1-7-18-52-28-12-15-31-26(20-28)16-17-41-35(31)53-29-21-32-34(46)43-40(37(48)44-55(50,51)30-13-14-30)22-27(40)11-9-8-10-24(2)19-25(3)33(36(47)45(32)23-29)42-38(49)54-39(4,5)6/h9,11-12,15-17,20,24-25,27,29-30,32-33H,7-8,10,13-14,18-19,21-23H2,1-6H3,(H,42,49)(H,43,46)(H,44,48)/b11-9-/t24-,25-,27-,29-,32+,33+,40-/m1/s1. The van der Waals surface area contributed by atoms with Gasteiger partial charge in [-0.2, -0.15) is 0 Å². The highest BCUT2D eigenvalue weighted by Crippen LogP contribution is 2.46. The first-order valence-electron chi connectivity index (χ1n) is 19.5. The van der Waals surface area contributed by atoms with Gasteiger partial charge in [-0.15, -0.1) is 0 Å². The van der Waals surface area contributed by atoms with Crippen molar-refractivity contribution in [1.29, 1.82) is 0 Å². The lowest BCUT2D eigenvalue weighted by atomic mass is 9.88. The largest absolute Gasteiger partial charge is 0.494 e. The summed E-state index contributed by atoms with van der Waals surface area (Å²) in [6.07, 6.45) is 8.13. The number of carbonyl (C=O) groups excluding carboxylic acids is 4. The number of alkyl carbamates (subject to hydrolysis) is 1. The molecule has 1 aromatic heterocycles. The van der Waals surface area contributed by atoms with Gasteiger partial charge in [-0.3, -0.25) is 19.1 Å². The zero-order valence-electron chi connectivity index (χ0n) is 32.6. The molecule has 0 bridgehead atoms. The number of sulfonamides is 1. The molecule has 6 rings (SSSR count). The molecule has 2 aliphatic heterocycles. The van der Waals surface area contributed by atoms with E-state index in [0.29, 0.717) is 43.9 Å². The molecule has 55 heavy (non-hydrogen) atoms. The fourth-order valence-electron chi connectivity index (χ4n) is 7.62. The second kappa shape index (κ2) is 16.0. The fourth-order valence-corrected chi connectivity index (χ4v) is 8.99. The highest BCUT2D eigenvalue weighted by molar-refractivity contribution is 7.91. The van der Waals surface area contributed by atoms with Crippen molar-refractivity contribution in [2.75, 3.05) is 13.2 Å². The van der Waals surface area contributed by atoms with Gasteiger partial charge in [0.15, 0.2) is 0 Å². The van der Waals surface area contributed by atoms with Gasteiger partial charge in [0.2, 0.25) is 27.7 Å². The topological polar surface area (TPSA) is 182 Å². The van der Waals surface area contributed by atoms with Gasteiger partial charge in [-0.05, 0) is 107 Å². The molecule has 3 heterocycles. The number of ether oxygens (including phenoxy) is 3. The number of benzene rings is 1. The maximum atomic E-state index is 14.8. The van der Waals surface area contributed by atoms with Crippen LogP contribution in [0, 0.1) is 17.8 Å². The van der Waals surface area contributed by atoms with E-state index in [9.17, 15) is 27.6 Å². The Morgan fingerprint density at radius 2 is 1.85 bits per heavy atom. The van der Waals surface area contributed by atoms with Crippen LogP contribution >= 0.6 is 0 Å². The van der Waals surface area contributed by atoms with Crippen LogP contribution < -0.4 is 24.8 Å². The van der Waals surface area contributed by atoms with Crippen LogP contribution in [0.25, 0.3) is 10.8 Å². The highest BCUT2D eigenvalue weighted by Gasteiger charge is 2.62. The molecule has 1 saturated heterocycles. The molecule has 3 fully saturated rings. The van der Waals surface area contributed by atoms with Crippen LogP contribution in [-0.2, 0) is 29.1 Å². The fraction of sp³-hybridized carbons (Fsp3) is 0.625. The number of nitrogens with zero attached hydrogens (tertiary/aromatic N) is 2. The molecule has 4 aliphatic rings. The lowest BCUT2D eigenvalue weighted by molar-refractivity contribution is -0.142. The number of fused-ring (bicyclic) bond motifs is 3. The number of nitrogens with one attached hydrogen (secondary N) is 3. The van der Waals surface area contributed by atoms with E-state index in [-0.39, 0.29) is 31.2 Å². The predicted molar refractivity (Wildman–Crippen MR) is 206 cm³/mol. The maximum absolute atomic E-state index is 14.8. The molecule has 2 aromatic rings. The zero-order valence-corrected chi connectivity index (χ0v) is 33.4. The van der Waals surface area contributed by atoms with E-state index in [1.54, 1.807) is 27.0 Å². The first kappa shape index (κ1) is 40.3. The quantitative estimate of drug-likeness (QED) is 0.300. The van der Waals surface area contributed by atoms with E-state index in [2.05, 4.69) is 27.3 Å². The van der Waals surface area contributed by atoms with Crippen LogP contribution in [0.4, 0.5) is 4.79 Å². The molecule has 4 amide bonds. The van der Waals surface area contributed by atoms with Crippen LogP contribution in [0.15, 0.2) is 42.6 Å². The average molecular weight is 782 g/mol. The third kappa shape index (κ3) is 9.53. The van der Waals surface area contributed by atoms with Crippen molar-refractivity contribution < 1.29 is 41.8 Å². The number of carbonyl (C=O) groups is 4. The molecule has 14 nitrogen and oxygen atoms in total. The minimum absolute atomic E-state index is 0.0138. The Balaban J connectivity index is 1.33. The van der Waals surface area contributed by atoms with Gasteiger partial charge < -0.3 is 29.7 Å². The Bertz CT molecular complexity index is 1930. The van der Waals surface area contributed by atoms with E-state index < -0.39 is 74.3 Å². The third-order valence-electron chi connectivity index (χ3n) is 10.7. The SMILES string of the molecule is CCCOc1ccc2c(O[C@@H]3C[C@H]4C(=O)N[C@]5(C(=O)NS(=O)(=O)C6CC6)C[C@H]5/C=C\CC[C@@H](C)C[C@@H](C)[C@H](NC(=O)OC(C)(C)C)C(=O)N4C3)nccc2c1. The Morgan fingerprint density at radius 3 is 2.56 bits per heavy atom. The number of aromatic nitrogens is 1. The molecule has 300 valence electrons. The van der Waals surface area contributed by atoms with Gasteiger partial charge in [0, 0.05) is 23.9 Å².